The molecule has 1 aromatic carbocycles. The highest BCUT2D eigenvalue weighted by atomic mass is 32.2. The maximum Gasteiger partial charge on any atom is 0.329 e. The summed E-state index contributed by atoms with van der Waals surface area (Å²) in [5, 5.41) is 15.2. The normalized spacial score (nSPS) is 19.6. The highest BCUT2D eigenvalue weighted by molar-refractivity contribution is 8.00. The van der Waals surface area contributed by atoms with E-state index in [1.54, 1.807) is 6.92 Å². The molecule has 1 saturated heterocycles. The number of carbonyl (C=O) groups is 3. The monoisotopic (exact) mass is 367 g/mol. The Morgan fingerprint density at radius 1 is 1.48 bits per heavy atom. The van der Waals surface area contributed by atoms with Crippen LogP contribution in [0.5, 0.6) is 0 Å². The Morgan fingerprint density at radius 3 is 2.88 bits per heavy atom. The number of esters is 1. The number of nitro benzene ring substituents is 1. The van der Waals surface area contributed by atoms with Gasteiger partial charge in [-0.1, -0.05) is 6.07 Å². The van der Waals surface area contributed by atoms with Crippen LogP contribution in [0.15, 0.2) is 24.3 Å². The number of non-ortho nitro benzene ring substituents is 1. The smallest absolute Gasteiger partial charge is 0.329 e. The summed E-state index contributed by atoms with van der Waals surface area (Å²) in [6, 6.07) is 4.82. The summed E-state index contributed by atoms with van der Waals surface area (Å²) in [7, 11) is 0. The molecule has 0 spiro atoms. The molecule has 1 aromatic rings. The second kappa shape index (κ2) is 8.47. The van der Waals surface area contributed by atoms with Gasteiger partial charge in [0.1, 0.15) is 6.04 Å². The molecule has 1 fully saturated rings. The van der Waals surface area contributed by atoms with Crippen LogP contribution < -0.4 is 10.6 Å². The number of nitrogens with zero attached hydrogens (tertiary/aromatic N) is 1. The van der Waals surface area contributed by atoms with Crippen LogP contribution in [0.1, 0.15) is 13.3 Å². The van der Waals surface area contributed by atoms with E-state index in [4.69, 9.17) is 4.74 Å². The summed E-state index contributed by atoms with van der Waals surface area (Å²) < 4.78 is 4.85. The second-order valence-electron chi connectivity index (χ2n) is 5.19. The van der Waals surface area contributed by atoms with Gasteiger partial charge in [0.05, 0.1) is 16.8 Å². The van der Waals surface area contributed by atoms with Crippen LogP contribution in [0.4, 0.5) is 11.4 Å². The van der Waals surface area contributed by atoms with Gasteiger partial charge in [0.25, 0.3) is 5.69 Å². The molecule has 0 saturated carbocycles. The third-order valence-electron chi connectivity index (χ3n) is 3.36. The third-order valence-corrected chi connectivity index (χ3v) is 4.66. The molecule has 1 heterocycles. The molecule has 10 heteroatoms. The Bertz CT molecular complexity index is 696. The maximum absolute atomic E-state index is 12.1. The van der Waals surface area contributed by atoms with Crippen LogP contribution in [-0.4, -0.2) is 46.4 Å². The number of hydrogen-bond donors (Lipinski definition) is 2. The molecule has 9 nitrogen and oxygen atoms in total. The lowest BCUT2D eigenvalue weighted by atomic mass is 10.2. The van der Waals surface area contributed by atoms with Gasteiger partial charge in [-0.3, -0.25) is 19.7 Å². The van der Waals surface area contributed by atoms with Gasteiger partial charge >= 0.3 is 5.97 Å². The molecule has 0 radical (unpaired) electrons. The van der Waals surface area contributed by atoms with Crippen molar-refractivity contribution < 1.29 is 24.0 Å². The van der Waals surface area contributed by atoms with Gasteiger partial charge in [-0.15, -0.1) is 11.8 Å². The molecular formula is C15H17N3O6S. The second-order valence-corrected chi connectivity index (χ2v) is 6.43. The number of nitro groups is 1. The number of benzene rings is 1. The van der Waals surface area contributed by atoms with E-state index in [9.17, 15) is 24.5 Å². The van der Waals surface area contributed by atoms with Crippen molar-refractivity contribution in [2.45, 2.75) is 24.6 Å². The van der Waals surface area contributed by atoms with E-state index in [1.807, 2.05) is 0 Å². The first-order valence-electron chi connectivity index (χ1n) is 7.53. The Hall–Kier alpha value is -2.62. The molecule has 2 N–H and O–H groups in total. The fourth-order valence-electron chi connectivity index (χ4n) is 2.19. The number of rotatable bonds is 6. The molecule has 1 aliphatic rings. The van der Waals surface area contributed by atoms with Gasteiger partial charge in [0.2, 0.25) is 11.8 Å². The topological polar surface area (TPSA) is 128 Å². The summed E-state index contributed by atoms with van der Waals surface area (Å²) in [6.07, 6.45) is -0.102. The first kappa shape index (κ1) is 18.7. The van der Waals surface area contributed by atoms with Crippen molar-refractivity contribution in [3.8, 4) is 0 Å². The van der Waals surface area contributed by atoms with Crippen LogP contribution in [0, 0.1) is 10.1 Å². The minimum atomic E-state index is -0.714. The van der Waals surface area contributed by atoms with Gasteiger partial charge in [0.15, 0.2) is 0 Å². The van der Waals surface area contributed by atoms with Gasteiger partial charge < -0.3 is 15.4 Å². The van der Waals surface area contributed by atoms with E-state index in [1.165, 1.54) is 36.0 Å². The first-order valence-corrected chi connectivity index (χ1v) is 8.58. The molecule has 2 atom stereocenters. The standard InChI is InChI=1S/C15H17N3O6S/c1-2-24-15(21)11-8-25-12(14(20)17-11)7-13(19)16-9-4-3-5-10(6-9)18(22)23/h3-6,11-12H,2,7-8H2,1H3,(H,16,19)(H,17,20)/t11-,12+/m1/s1. The zero-order valence-corrected chi connectivity index (χ0v) is 14.2. The number of thioether (sulfide) groups is 1. The van der Waals surface area contributed by atoms with Crippen LogP contribution in [-0.2, 0) is 19.1 Å². The minimum Gasteiger partial charge on any atom is -0.464 e. The number of nitrogens with one attached hydrogen (secondary N) is 2. The predicted octanol–water partition coefficient (Wildman–Crippen LogP) is 1.09. The van der Waals surface area contributed by atoms with Crippen LogP contribution in [0.2, 0.25) is 0 Å². The molecule has 2 rings (SSSR count). The fraction of sp³-hybridized carbons (Fsp3) is 0.400. The van der Waals surface area contributed by atoms with Crippen LogP contribution >= 0.6 is 11.8 Å². The lowest BCUT2D eigenvalue weighted by Crippen LogP contribution is -2.51. The van der Waals surface area contributed by atoms with E-state index in [0.717, 1.165) is 0 Å². The van der Waals surface area contributed by atoms with Gasteiger partial charge in [-0.2, -0.15) is 0 Å². The van der Waals surface area contributed by atoms with Gasteiger partial charge in [-0.05, 0) is 13.0 Å². The summed E-state index contributed by atoms with van der Waals surface area (Å²) in [5.41, 5.74) is 0.143. The van der Waals surface area contributed by atoms with Gasteiger partial charge in [-0.25, -0.2) is 4.79 Å². The van der Waals surface area contributed by atoms with E-state index in [-0.39, 0.29) is 24.4 Å². The van der Waals surface area contributed by atoms with Crippen LogP contribution in [0.25, 0.3) is 0 Å². The van der Waals surface area contributed by atoms with E-state index >= 15 is 0 Å². The molecule has 134 valence electrons. The summed E-state index contributed by atoms with van der Waals surface area (Å²) in [6.45, 7) is 1.90. The Labute approximate surface area is 147 Å². The predicted molar refractivity (Wildman–Crippen MR) is 91.2 cm³/mol. The number of anilines is 1. The average Bonchev–Trinajstić information content (AvgIpc) is 2.57. The van der Waals surface area contributed by atoms with Crippen LogP contribution in [0.3, 0.4) is 0 Å². The summed E-state index contributed by atoms with van der Waals surface area (Å²) >= 11 is 1.20. The Balaban J connectivity index is 1.89. The molecule has 25 heavy (non-hydrogen) atoms. The van der Waals surface area contributed by atoms with Crippen molar-refractivity contribution in [3.05, 3.63) is 34.4 Å². The van der Waals surface area contributed by atoms with Crippen molar-refractivity contribution in [2.24, 2.45) is 0 Å². The van der Waals surface area contributed by atoms with Crippen molar-refractivity contribution in [2.75, 3.05) is 17.7 Å². The zero-order valence-electron chi connectivity index (χ0n) is 13.4. The number of hydrogen-bond acceptors (Lipinski definition) is 7. The van der Waals surface area contributed by atoms with E-state index in [2.05, 4.69) is 10.6 Å². The molecule has 2 amide bonds. The van der Waals surface area contributed by atoms with Crippen molar-refractivity contribution in [1.29, 1.82) is 0 Å². The molecule has 0 unspecified atom stereocenters. The highest BCUT2D eigenvalue weighted by Crippen LogP contribution is 2.23. The number of carbonyl (C=O) groups excluding carboxylic acids is 3. The third kappa shape index (κ3) is 5.18. The molecule has 1 aliphatic heterocycles. The Kier molecular flexibility index (Phi) is 6.34. The van der Waals surface area contributed by atoms with E-state index < -0.39 is 34.0 Å². The highest BCUT2D eigenvalue weighted by Gasteiger charge is 2.34. The largest absolute Gasteiger partial charge is 0.464 e. The fourth-order valence-corrected chi connectivity index (χ4v) is 3.33. The van der Waals surface area contributed by atoms with Crippen molar-refractivity contribution in [1.82, 2.24) is 5.32 Å². The van der Waals surface area contributed by atoms with Crippen molar-refractivity contribution in [3.63, 3.8) is 0 Å². The summed E-state index contributed by atoms with van der Waals surface area (Å²) in [5.74, 6) is -1.03. The molecule has 0 aliphatic carbocycles. The maximum atomic E-state index is 12.1. The summed E-state index contributed by atoms with van der Waals surface area (Å²) in [4.78, 5) is 45.9. The SMILES string of the molecule is CCOC(=O)[C@H]1CS[C@@H](CC(=O)Nc2cccc([N+](=O)[O-])c2)C(=O)N1. The minimum absolute atomic E-state index is 0.102. The first-order chi connectivity index (χ1) is 11.9. The quantitative estimate of drug-likeness (QED) is 0.437. The number of amides is 2. The molecule has 0 aromatic heterocycles. The lowest BCUT2D eigenvalue weighted by molar-refractivity contribution is -0.384. The Morgan fingerprint density at radius 2 is 2.24 bits per heavy atom. The van der Waals surface area contributed by atoms with Crippen molar-refractivity contribution >= 4 is 40.9 Å². The number of ether oxygens (including phenoxy) is 1. The zero-order chi connectivity index (χ0) is 18.4. The molecular weight excluding hydrogens is 350 g/mol. The van der Waals surface area contributed by atoms with E-state index in [0.29, 0.717) is 5.75 Å². The lowest BCUT2D eigenvalue weighted by Gasteiger charge is -2.27. The van der Waals surface area contributed by atoms with Gasteiger partial charge in [0, 0.05) is 30.0 Å². The molecule has 0 bridgehead atoms. The average molecular weight is 367 g/mol.